The smallest absolute Gasteiger partial charge is 0.263 e. The average molecular weight is 424 g/mol. The van der Waals surface area contributed by atoms with Crippen molar-refractivity contribution in [3.05, 3.63) is 88.5 Å². The summed E-state index contributed by atoms with van der Waals surface area (Å²) in [6.07, 6.45) is 3.23. The van der Waals surface area contributed by atoms with Crippen LogP contribution >= 0.6 is 0 Å². The predicted molar refractivity (Wildman–Crippen MR) is 116 cm³/mol. The van der Waals surface area contributed by atoms with Crippen molar-refractivity contribution in [3.63, 3.8) is 0 Å². The number of nitrogens with one attached hydrogen (secondary N) is 1. The lowest BCUT2D eigenvalue weighted by atomic mass is 10.1. The monoisotopic (exact) mass is 424 g/mol. The minimum absolute atomic E-state index is 0.115. The second-order valence-corrected chi connectivity index (χ2v) is 7.58. The van der Waals surface area contributed by atoms with Crippen LogP contribution in [0.3, 0.4) is 0 Å². The molecule has 1 aliphatic heterocycles. The number of furan rings is 1. The van der Waals surface area contributed by atoms with Crippen LogP contribution < -0.4 is 15.8 Å². The molecule has 1 saturated heterocycles. The molecule has 1 N–H and O–H groups in total. The Bertz CT molecular complexity index is 1070. The van der Waals surface area contributed by atoms with E-state index in [2.05, 4.69) is 15.1 Å². The third-order valence-corrected chi connectivity index (χ3v) is 5.64. The van der Waals surface area contributed by atoms with Crippen molar-refractivity contribution in [3.8, 4) is 0 Å². The van der Waals surface area contributed by atoms with Crippen molar-refractivity contribution in [2.45, 2.75) is 6.04 Å². The summed E-state index contributed by atoms with van der Waals surface area (Å²) in [7, 11) is 1.62. The SMILES string of the molecule is Cn1cccc(C(=O)NCC(c2ccco2)N2CCN(c3ccc(F)cc3)CC2)c1=O. The maximum absolute atomic E-state index is 13.2. The Hall–Kier alpha value is -3.39. The number of benzene rings is 1. The highest BCUT2D eigenvalue weighted by Crippen LogP contribution is 2.24. The molecule has 1 fully saturated rings. The zero-order valence-electron chi connectivity index (χ0n) is 17.3. The van der Waals surface area contributed by atoms with Crippen molar-refractivity contribution in [1.82, 2.24) is 14.8 Å². The zero-order valence-corrected chi connectivity index (χ0v) is 17.3. The molecule has 31 heavy (non-hydrogen) atoms. The number of carbonyl (C=O) groups is 1. The molecule has 0 saturated carbocycles. The Morgan fingerprint density at radius 1 is 1.10 bits per heavy atom. The Morgan fingerprint density at radius 3 is 2.52 bits per heavy atom. The number of amides is 1. The second-order valence-electron chi connectivity index (χ2n) is 7.58. The van der Waals surface area contributed by atoms with Crippen molar-refractivity contribution < 1.29 is 13.6 Å². The van der Waals surface area contributed by atoms with Crippen LogP contribution in [-0.4, -0.2) is 48.1 Å². The largest absolute Gasteiger partial charge is 0.468 e. The predicted octanol–water partition coefficient (Wildman–Crippen LogP) is 2.41. The molecule has 7 nitrogen and oxygen atoms in total. The normalized spacial score (nSPS) is 15.6. The molecule has 0 spiro atoms. The summed E-state index contributed by atoms with van der Waals surface area (Å²) in [6.45, 7) is 3.38. The van der Waals surface area contributed by atoms with E-state index in [1.54, 1.807) is 37.7 Å². The Balaban J connectivity index is 1.43. The summed E-state index contributed by atoms with van der Waals surface area (Å²) in [5.74, 6) is 0.114. The van der Waals surface area contributed by atoms with E-state index in [4.69, 9.17) is 4.42 Å². The summed E-state index contributed by atoms with van der Waals surface area (Å²) >= 11 is 0. The van der Waals surface area contributed by atoms with Gasteiger partial charge in [-0.25, -0.2) is 4.39 Å². The van der Waals surface area contributed by atoms with Crippen LogP contribution in [-0.2, 0) is 7.05 Å². The molecule has 1 amide bonds. The van der Waals surface area contributed by atoms with E-state index >= 15 is 0 Å². The lowest BCUT2D eigenvalue weighted by Gasteiger charge is -2.39. The minimum Gasteiger partial charge on any atom is -0.468 e. The van der Waals surface area contributed by atoms with Gasteiger partial charge in [0.1, 0.15) is 17.1 Å². The maximum atomic E-state index is 13.2. The molecule has 3 heterocycles. The van der Waals surface area contributed by atoms with Gasteiger partial charge in [-0.2, -0.15) is 0 Å². The standard InChI is InChI=1S/C23H25FN4O3/c1-26-10-2-4-19(23(26)30)22(29)25-16-20(21-5-3-15-31-21)28-13-11-27(12-14-28)18-8-6-17(24)7-9-18/h2-10,15,20H,11-14,16H2,1H3,(H,25,29). The first-order valence-electron chi connectivity index (χ1n) is 10.2. The molecule has 8 heteroatoms. The van der Waals surface area contributed by atoms with Gasteiger partial charge in [-0.3, -0.25) is 14.5 Å². The van der Waals surface area contributed by atoms with E-state index in [1.807, 2.05) is 12.1 Å². The van der Waals surface area contributed by atoms with E-state index in [1.165, 1.54) is 22.8 Å². The van der Waals surface area contributed by atoms with Gasteiger partial charge in [0.05, 0.1) is 12.3 Å². The number of nitrogens with zero attached hydrogens (tertiary/aromatic N) is 3. The van der Waals surface area contributed by atoms with Gasteiger partial charge in [-0.15, -0.1) is 0 Å². The summed E-state index contributed by atoms with van der Waals surface area (Å²) in [5.41, 5.74) is 0.774. The molecule has 1 unspecified atom stereocenters. The number of halogens is 1. The van der Waals surface area contributed by atoms with Crippen LogP contribution in [0.25, 0.3) is 0 Å². The summed E-state index contributed by atoms with van der Waals surface area (Å²) in [5, 5.41) is 2.89. The molecule has 3 aromatic rings. The van der Waals surface area contributed by atoms with Crippen LogP contribution in [0, 0.1) is 5.82 Å². The molecule has 1 aliphatic rings. The van der Waals surface area contributed by atoms with Crippen LogP contribution in [0.5, 0.6) is 0 Å². The molecule has 1 atom stereocenters. The fourth-order valence-electron chi connectivity index (χ4n) is 3.89. The van der Waals surface area contributed by atoms with Crippen LogP contribution in [0.1, 0.15) is 22.2 Å². The van der Waals surface area contributed by atoms with Gasteiger partial charge in [-0.1, -0.05) is 0 Å². The molecular formula is C23H25FN4O3. The molecule has 0 radical (unpaired) electrons. The molecule has 0 bridgehead atoms. The third kappa shape index (κ3) is 4.69. The number of aromatic nitrogens is 1. The first-order valence-corrected chi connectivity index (χ1v) is 10.2. The molecule has 2 aromatic heterocycles. The van der Waals surface area contributed by atoms with Crippen LogP contribution in [0.15, 0.2) is 70.2 Å². The molecule has 1 aromatic carbocycles. The first kappa shape index (κ1) is 20.9. The van der Waals surface area contributed by atoms with Crippen molar-refractivity contribution in [1.29, 1.82) is 0 Å². The number of hydrogen-bond donors (Lipinski definition) is 1. The van der Waals surface area contributed by atoms with Crippen molar-refractivity contribution in [2.75, 3.05) is 37.6 Å². The van der Waals surface area contributed by atoms with Gasteiger partial charge in [0.15, 0.2) is 0 Å². The van der Waals surface area contributed by atoms with Gasteiger partial charge in [-0.05, 0) is 48.5 Å². The Labute approximate surface area is 179 Å². The van der Waals surface area contributed by atoms with E-state index in [-0.39, 0.29) is 23.0 Å². The Kier molecular flexibility index (Phi) is 6.18. The quantitative estimate of drug-likeness (QED) is 0.658. The van der Waals surface area contributed by atoms with Crippen molar-refractivity contribution >= 4 is 11.6 Å². The van der Waals surface area contributed by atoms with Crippen LogP contribution in [0.2, 0.25) is 0 Å². The fraction of sp³-hybridized carbons (Fsp3) is 0.304. The summed E-state index contributed by atoms with van der Waals surface area (Å²) in [6, 6.07) is 13.3. The zero-order chi connectivity index (χ0) is 21.8. The van der Waals surface area contributed by atoms with Gasteiger partial charge in [0.2, 0.25) is 0 Å². The lowest BCUT2D eigenvalue weighted by molar-refractivity contribution is 0.0921. The minimum atomic E-state index is -0.400. The number of rotatable bonds is 6. The van der Waals surface area contributed by atoms with Gasteiger partial charge in [0, 0.05) is 51.7 Å². The highest BCUT2D eigenvalue weighted by Gasteiger charge is 2.28. The third-order valence-electron chi connectivity index (χ3n) is 5.64. The van der Waals surface area contributed by atoms with Crippen molar-refractivity contribution in [2.24, 2.45) is 7.05 Å². The first-order chi connectivity index (χ1) is 15.0. The number of hydrogen-bond acceptors (Lipinski definition) is 5. The summed E-state index contributed by atoms with van der Waals surface area (Å²) in [4.78, 5) is 29.3. The van der Waals surface area contributed by atoms with E-state index in [9.17, 15) is 14.0 Å². The highest BCUT2D eigenvalue weighted by atomic mass is 19.1. The average Bonchev–Trinajstić information content (AvgIpc) is 3.31. The van der Waals surface area contributed by atoms with Gasteiger partial charge < -0.3 is 19.2 Å². The van der Waals surface area contributed by atoms with Gasteiger partial charge >= 0.3 is 0 Å². The number of aryl methyl sites for hydroxylation is 1. The second kappa shape index (κ2) is 9.18. The fourth-order valence-corrected chi connectivity index (χ4v) is 3.89. The topological polar surface area (TPSA) is 70.7 Å². The Morgan fingerprint density at radius 2 is 1.84 bits per heavy atom. The lowest BCUT2D eigenvalue weighted by Crippen LogP contribution is -2.50. The van der Waals surface area contributed by atoms with Crippen LogP contribution in [0.4, 0.5) is 10.1 Å². The number of carbonyl (C=O) groups excluding carboxylic acids is 1. The molecule has 4 rings (SSSR count). The van der Waals surface area contributed by atoms with Gasteiger partial charge in [0.25, 0.3) is 11.5 Å². The number of pyridine rings is 1. The molecular weight excluding hydrogens is 399 g/mol. The molecule has 162 valence electrons. The number of anilines is 1. The summed E-state index contributed by atoms with van der Waals surface area (Å²) < 4.78 is 20.2. The van der Waals surface area contributed by atoms with E-state index in [0.29, 0.717) is 6.54 Å². The highest BCUT2D eigenvalue weighted by molar-refractivity contribution is 5.93. The molecule has 0 aliphatic carbocycles. The number of piperazine rings is 1. The van der Waals surface area contributed by atoms with E-state index in [0.717, 1.165) is 37.6 Å². The van der Waals surface area contributed by atoms with E-state index < -0.39 is 5.91 Å². The maximum Gasteiger partial charge on any atom is 0.263 e.